The number of nitrogens with two attached hydrogens (primary N) is 1. The van der Waals surface area contributed by atoms with Gasteiger partial charge < -0.3 is 11.1 Å². The van der Waals surface area contributed by atoms with Crippen LogP contribution >= 0.6 is 22.9 Å². The minimum absolute atomic E-state index is 0.164. The van der Waals surface area contributed by atoms with Crippen molar-refractivity contribution >= 4 is 34.6 Å². The zero-order valence-electron chi connectivity index (χ0n) is 10.2. The minimum atomic E-state index is 0.164. The Morgan fingerprint density at radius 3 is 2.78 bits per heavy atom. The lowest BCUT2D eigenvalue weighted by molar-refractivity contribution is 0.552. The van der Waals surface area contributed by atoms with Crippen LogP contribution in [0.1, 0.15) is 24.8 Å². The van der Waals surface area contributed by atoms with Crippen LogP contribution in [0, 0.1) is 5.92 Å². The number of hydrogen-bond acceptors (Lipinski definition) is 5. The second kappa shape index (κ2) is 5.54. The van der Waals surface area contributed by atoms with Gasteiger partial charge in [-0.2, -0.15) is 0 Å². The van der Waals surface area contributed by atoms with Gasteiger partial charge in [-0.15, -0.1) is 11.3 Å². The molecule has 6 heteroatoms. The average molecular weight is 283 g/mol. The smallest absolute Gasteiger partial charge is 0.150 e. The highest BCUT2D eigenvalue weighted by Crippen LogP contribution is 2.32. The van der Waals surface area contributed by atoms with Gasteiger partial charge in [0.25, 0.3) is 0 Å². The molecule has 18 heavy (non-hydrogen) atoms. The molecule has 96 valence electrons. The number of anilines is 2. The Hall–Kier alpha value is -1.33. The van der Waals surface area contributed by atoms with Crippen molar-refractivity contribution in [3.05, 3.63) is 33.7 Å². The SMILES string of the molecule is CC(C)C(Nc1ncnc(N)c1Cl)c1cccs1. The summed E-state index contributed by atoms with van der Waals surface area (Å²) in [6.45, 7) is 4.30. The third-order valence-electron chi connectivity index (χ3n) is 2.63. The second-order valence-corrected chi connectivity index (χ2v) is 5.66. The normalized spacial score (nSPS) is 12.7. The molecule has 4 nitrogen and oxygen atoms in total. The number of thiophene rings is 1. The Labute approximate surface area is 115 Å². The summed E-state index contributed by atoms with van der Waals surface area (Å²) in [6.07, 6.45) is 1.41. The Morgan fingerprint density at radius 1 is 1.39 bits per heavy atom. The summed E-state index contributed by atoms with van der Waals surface area (Å²) in [5.74, 6) is 1.29. The first kappa shape index (κ1) is 13.1. The molecule has 2 rings (SSSR count). The van der Waals surface area contributed by atoms with Gasteiger partial charge in [-0.05, 0) is 17.4 Å². The van der Waals surface area contributed by atoms with E-state index in [1.54, 1.807) is 11.3 Å². The van der Waals surface area contributed by atoms with E-state index >= 15 is 0 Å². The van der Waals surface area contributed by atoms with Gasteiger partial charge in [0.1, 0.15) is 17.2 Å². The summed E-state index contributed by atoms with van der Waals surface area (Å²) in [6, 6.07) is 4.30. The van der Waals surface area contributed by atoms with Crippen LogP contribution in [0.25, 0.3) is 0 Å². The lowest BCUT2D eigenvalue weighted by atomic mass is 10.0. The molecule has 1 unspecified atom stereocenters. The standard InChI is InChI=1S/C12H15ClN4S/c1-7(2)10(8-4-3-5-18-8)17-12-9(13)11(14)15-6-16-12/h3-7,10H,1-2H3,(H3,14,15,16,17). The molecule has 0 saturated carbocycles. The number of halogens is 1. The highest BCUT2D eigenvalue weighted by atomic mass is 35.5. The number of rotatable bonds is 4. The van der Waals surface area contributed by atoms with E-state index in [1.807, 2.05) is 6.07 Å². The molecule has 0 spiro atoms. The van der Waals surface area contributed by atoms with Gasteiger partial charge in [0.05, 0.1) is 6.04 Å². The molecule has 2 aromatic rings. The minimum Gasteiger partial charge on any atom is -0.382 e. The molecular weight excluding hydrogens is 268 g/mol. The van der Waals surface area contributed by atoms with Crippen LogP contribution in [0.4, 0.5) is 11.6 Å². The fourth-order valence-corrected chi connectivity index (χ4v) is 2.77. The molecule has 0 aliphatic heterocycles. The third kappa shape index (κ3) is 2.73. The zero-order valence-corrected chi connectivity index (χ0v) is 11.8. The molecule has 0 aliphatic rings. The summed E-state index contributed by atoms with van der Waals surface area (Å²) >= 11 is 7.80. The lowest BCUT2D eigenvalue weighted by Gasteiger charge is -2.22. The highest BCUT2D eigenvalue weighted by Gasteiger charge is 2.19. The van der Waals surface area contributed by atoms with Crippen LogP contribution in [0.5, 0.6) is 0 Å². The summed E-state index contributed by atoms with van der Waals surface area (Å²) in [5, 5.41) is 5.77. The van der Waals surface area contributed by atoms with Gasteiger partial charge in [0.15, 0.2) is 5.82 Å². The number of hydrogen-bond donors (Lipinski definition) is 2. The molecule has 0 aliphatic carbocycles. The Morgan fingerprint density at radius 2 is 2.17 bits per heavy atom. The lowest BCUT2D eigenvalue weighted by Crippen LogP contribution is -2.17. The van der Waals surface area contributed by atoms with Crippen LogP contribution in [0.3, 0.4) is 0 Å². The maximum Gasteiger partial charge on any atom is 0.150 e. The van der Waals surface area contributed by atoms with Crippen LogP contribution in [-0.4, -0.2) is 9.97 Å². The van der Waals surface area contributed by atoms with Crippen molar-refractivity contribution in [3.63, 3.8) is 0 Å². The zero-order chi connectivity index (χ0) is 13.1. The number of nitrogen functional groups attached to an aromatic ring is 1. The van der Waals surface area contributed by atoms with Gasteiger partial charge in [-0.25, -0.2) is 9.97 Å². The fraction of sp³-hybridized carbons (Fsp3) is 0.333. The van der Waals surface area contributed by atoms with Crippen LogP contribution in [0.2, 0.25) is 5.02 Å². The van der Waals surface area contributed by atoms with Crippen LogP contribution in [-0.2, 0) is 0 Å². The summed E-state index contributed by atoms with van der Waals surface area (Å²) < 4.78 is 0. The van der Waals surface area contributed by atoms with Crippen molar-refractivity contribution < 1.29 is 0 Å². The first-order valence-electron chi connectivity index (χ1n) is 5.65. The van der Waals surface area contributed by atoms with E-state index in [0.717, 1.165) is 0 Å². The predicted molar refractivity (Wildman–Crippen MR) is 77.0 cm³/mol. The largest absolute Gasteiger partial charge is 0.382 e. The molecule has 3 N–H and O–H groups in total. The molecule has 2 aromatic heterocycles. The fourth-order valence-electron chi connectivity index (χ4n) is 1.67. The second-order valence-electron chi connectivity index (χ2n) is 4.30. The summed E-state index contributed by atoms with van der Waals surface area (Å²) in [7, 11) is 0. The van der Waals surface area contributed by atoms with Gasteiger partial charge in [-0.3, -0.25) is 0 Å². The Balaban J connectivity index is 2.27. The van der Waals surface area contributed by atoms with Crippen molar-refractivity contribution in [2.75, 3.05) is 11.1 Å². The molecule has 0 aromatic carbocycles. The number of nitrogens with one attached hydrogen (secondary N) is 1. The van der Waals surface area contributed by atoms with E-state index in [1.165, 1.54) is 11.2 Å². The maximum absolute atomic E-state index is 6.09. The van der Waals surface area contributed by atoms with Crippen molar-refractivity contribution in [2.45, 2.75) is 19.9 Å². The maximum atomic E-state index is 6.09. The predicted octanol–water partition coefficient (Wildman–Crippen LogP) is 3.58. The monoisotopic (exact) mass is 282 g/mol. The summed E-state index contributed by atoms with van der Waals surface area (Å²) in [5.41, 5.74) is 5.67. The molecule has 1 atom stereocenters. The number of nitrogens with zero attached hydrogens (tertiary/aromatic N) is 2. The average Bonchev–Trinajstić information content (AvgIpc) is 2.84. The van der Waals surface area contributed by atoms with E-state index in [2.05, 4.69) is 40.6 Å². The van der Waals surface area contributed by atoms with Crippen molar-refractivity contribution in [1.82, 2.24) is 9.97 Å². The molecule has 0 bridgehead atoms. The first-order chi connectivity index (χ1) is 8.59. The van der Waals surface area contributed by atoms with Crippen molar-refractivity contribution in [3.8, 4) is 0 Å². The van der Waals surface area contributed by atoms with Crippen LogP contribution in [0.15, 0.2) is 23.8 Å². The van der Waals surface area contributed by atoms with Gasteiger partial charge >= 0.3 is 0 Å². The number of aromatic nitrogens is 2. The van der Waals surface area contributed by atoms with Gasteiger partial charge in [-0.1, -0.05) is 31.5 Å². The quantitative estimate of drug-likeness (QED) is 0.900. The molecule has 0 radical (unpaired) electrons. The van der Waals surface area contributed by atoms with E-state index < -0.39 is 0 Å². The summed E-state index contributed by atoms with van der Waals surface area (Å²) in [4.78, 5) is 9.24. The topological polar surface area (TPSA) is 63.8 Å². The molecule has 0 fully saturated rings. The Bertz CT molecular complexity index is 513. The van der Waals surface area contributed by atoms with Crippen LogP contribution < -0.4 is 11.1 Å². The third-order valence-corrected chi connectivity index (χ3v) is 3.95. The van der Waals surface area contributed by atoms with Gasteiger partial charge in [0.2, 0.25) is 0 Å². The molecule has 0 saturated heterocycles. The Kier molecular flexibility index (Phi) is 4.04. The van der Waals surface area contributed by atoms with Crippen molar-refractivity contribution in [2.24, 2.45) is 5.92 Å². The van der Waals surface area contributed by atoms with Gasteiger partial charge in [0, 0.05) is 4.88 Å². The molecular formula is C12H15ClN4S. The molecule has 0 amide bonds. The van der Waals surface area contributed by atoms with E-state index in [9.17, 15) is 0 Å². The van der Waals surface area contributed by atoms with E-state index in [-0.39, 0.29) is 6.04 Å². The first-order valence-corrected chi connectivity index (χ1v) is 6.91. The molecule has 2 heterocycles. The van der Waals surface area contributed by atoms with Crippen molar-refractivity contribution in [1.29, 1.82) is 0 Å². The highest BCUT2D eigenvalue weighted by molar-refractivity contribution is 7.10. The van der Waals surface area contributed by atoms with E-state index in [4.69, 9.17) is 17.3 Å². The van der Waals surface area contributed by atoms with E-state index in [0.29, 0.717) is 22.6 Å².